The molecule has 0 saturated carbocycles. The van der Waals surface area contributed by atoms with E-state index in [-0.39, 0.29) is 27.2 Å². The number of nitrogens with zero attached hydrogens (tertiary/aromatic N) is 2. The monoisotopic (exact) mass is 352 g/mol. The molecule has 0 spiro atoms. The van der Waals surface area contributed by atoms with E-state index in [9.17, 15) is 19.7 Å². The molecule has 1 heterocycles. The lowest BCUT2D eigenvalue weighted by atomic mass is 10.1. The van der Waals surface area contributed by atoms with Crippen molar-refractivity contribution in [2.24, 2.45) is 5.73 Å². The number of aromatic nitrogens is 1. The summed E-state index contributed by atoms with van der Waals surface area (Å²) in [4.78, 5) is 37.0. The lowest BCUT2D eigenvalue weighted by Gasteiger charge is -2.11. The molecule has 11 heteroatoms. The Morgan fingerprint density at radius 2 is 2.21 bits per heavy atom. The Balaban J connectivity index is 2.27. The summed E-state index contributed by atoms with van der Waals surface area (Å²) in [6.45, 7) is 2.04. The third kappa shape index (κ3) is 4.16. The average Bonchev–Trinajstić information content (AvgIpc) is 2.97. The normalized spacial score (nSPS) is 10.0. The van der Waals surface area contributed by atoms with Gasteiger partial charge < -0.3 is 15.2 Å². The van der Waals surface area contributed by atoms with Crippen molar-refractivity contribution in [1.29, 1.82) is 0 Å². The maximum Gasteiger partial charge on any atom is 0.409 e. The molecule has 1 aromatic heterocycles. The number of anilines is 1. The Labute approximate surface area is 139 Å². The summed E-state index contributed by atoms with van der Waals surface area (Å²) in [6.07, 6.45) is 0.0113. The van der Waals surface area contributed by atoms with Gasteiger partial charge in [-0.15, -0.1) is 0 Å². The van der Waals surface area contributed by atoms with Gasteiger partial charge in [0.05, 0.1) is 17.1 Å². The van der Waals surface area contributed by atoms with Gasteiger partial charge in [-0.3, -0.25) is 20.2 Å². The molecule has 0 radical (unpaired) electrons. The van der Waals surface area contributed by atoms with E-state index in [2.05, 4.69) is 10.3 Å². The van der Waals surface area contributed by atoms with E-state index in [1.54, 1.807) is 6.92 Å². The van der Waals surface area contributed by atoms with Crippen LogP contribution in [0.1, 0.15) is 17.3 Å². The molecule has 10 nitrogen and oxygen atoms in total. The fourth-order valence-electron chi connectivity index (χ4n) is 1.72. The first kappa shape index (κ1) is 17.1. The van der Waals surface area contributed by atoms with Gasteiger partial charge in [-0.1, -0.05) is 0 Å². The second kappa shape index (κ2) is 7.37. The Morgan fingerprint density at radius 1 is 1.46 bits per heavy atom. The predicted molar refractivity (Wildman–Crippen MR) is 84.5 cm³/mol. The number of carbonyl (C=O) groups excluding carboxylic acids is 2. The zero-order valence-electron chi connectivity index (χ0n) is 12.3. The molecule has 0 aliphatic carbocycles. The van der Waals surface area contributed by atoms with Crippen molar-refractivity contribution < 1.29 is 24.0 Å². The van der Waals surface area contributed by atoms with Gasteiger partial charge >= 0.3 is 11.1 Å². The standard InChI is InChI=1S/C13H12N4O6S/c1-2-22-9-4-3-7(23-12(14)19)5-8(9)11(18)16-13-15-6-10(24-13)17(20)21/h3-6H,2H2,1H3,(H2,14,19)(H,15,16,18). The topological polar surface area (TPSA) is 147 Å². The molecular weight excluding hydrogens is 340 g/mol. The van der Waals surface area contributed by atoms with Crippen molar-refractivity contribution in [3.05, 3.63) is 40.1 Å². The molecule has 0 aliphatic heterocycles. The van der Waals surface area contributed by atoms with Crippen LogP contribution in [0.25, 0.3) is 0 Å². The van der Waals surface area contributed by atoms with Gasteiger partial charge in [0.2, 0.25) is 0 Å². The minimum atomic E-state index is -1.03. The van der Waals surface area contributed by atoms with Gasteiger partial charge in [0.15, 0.2) is 5.13 Å². The number of hydrogen-bond donors (Lipinski definition) is 2. The summed E-state index contributed by atoms with van der Waals surface area (Å²) in [5.74, 6) is -0.322. The zero-order valence-corrected chi connectivity index (χ0v) is 13.2. The van der Waals surface area contributed by atoms with Crippen molar-refractivity contribution in [2.75, 3.05) is 11.9 Å². The van der Waals surface area contributed by atoms with Crippen LogP contribution in [0.2, 0.25) is 0 Å². The number of carbonyl (C=O) groups is 2. The van der Waals surface area contributed by atoms with Crippen LogP contribution in [0.15, 0.2) is 24.4 Å². The van der Waals surface area contributed by atoms with E-state index in [1.807, 2.05) is 0 Å². The molecule has 2 aromatic rings. The SMILES string of the molecule is CCOc1ccc(OC(N)=O)cc1C(=O)Nc1ncc([N+](=O)[O-])s1. The van der Waals surface area contributed by atoms with Gasteiger partial charge in [0.25, 0.3) is 5.91 Å². The summed E-state index contributed by atoms with van der Waals surface area (Å²) in [5.41, 5.74) is 5.00. The van der Waals surface area contributed by atoms with E-state index < -0.39 is 16.9 Å². The van der Waals surface area contributed by atoms with Crippen LogP contribution in [-0.4, -0.2) is 28.5 Å². The number of nitro groups is 1. The molecule has 0 fully saturated rings. The van der Waals surface area contributed by atoms with E-state index in [1.165, 1.54) is 18.2 Å². The van der Waals surface area contributed by atoms with E-state index >= 15 is 0 Å². The fourth-order valence-corrected chi connectivity index (χ4v) is 2.35. The quantitative estimate of drug-likeness (QED) is 0.598. The molecule has 2 rings (SSSR count). The summed E-state index contributed by atoms with van der Waals surface area (Å²) in [5, 5.41) is 12.9. The lowest BCUT2D eigenvalue weighted by Crippen LogP contribution is -2.17. The Kier molecular flexibility index (Phi) is 5.27. The first-order valence-corrected chi connectivity index (χ1v) is 7.38. The molecule has 0 saturated heterocycles. The number of nitrogens with one attached hydrogen (secondary N) is 1. The molecular formula is C13H12N4O6S. The van der Waals surface area contributed by atoms with Gasteiger partial charge in [0, 0.05) is 0 Å². The second-order valence-corrected chi connectivity index (χ2v) is 5.24. The second-order valence-electron chi connectivity index (χ2n) is 4.23. The van der Waals surface area contributed by atoms with Gasteiger partial charge in [0.1, 0.15) is 17.7 Å². The van der Waals surface area contributed by atoms with E-state index in [4.69, 9.17) is 15.2 Å². The number of primary amides is 1. The Morgan fingerprint density at radius 3 is 2.79 bits per heavy atom. The first-order chi connectivity index (χ1) is 11.4. The number of nitrogens with two attached hydrogens (primary N) is 1. The lowest BCUT2D eigenvalue weighted by molar-refractivity contribution is -0.380. The van der Waals surface area contributed by atoms with E-state index in [0.29, 0.717) is 17.9 Å². The van der Waals surface area contributed by atoms with Gasteiger partial charge in [-0.05, 0) is 36.5 Å². The van der Waals surface area contributed by atoms with Gasteiger partial charge in [-0.25, -0.2) is 9.78 Å². The number of benzene rings is 1. The summed E-state index contributed by atoms with van der Waals surface area (Å²) in [6, 6.07) is 4.13. The van der Waals surface area contributed by atoms with Crippen LogP contribution < -0.4 is 20.5 Å². The summed E-state index contributed by atoms with van der Waals surface area (Å²) in [7, 11) is 0. The molecule has 24 heavy (non-hydrogen) atoms. The number of thiazole rings is 1. The molecule has 0 aliphatic rings. The highest BCUT2D eigenvalue weighted by molar-refractivity contribution is 7.18. The number of amides is 2. The van der Waals surface area contributed by atoms with Crippen LogP contribution in [0.4, 0.5) is 14.9 Å². The Bertz CT molecular complexity index is 791. The zero-order chi connectivity index (χ0) is 17.7. The maximum atomic E-state index is 12.4. The van der Waals surface area contributed by atoms with Crippen LogP contribution in [0, 0.1) is 10.1 Å². The van der Waals surface area contributed by atoms with E-state index in [0.717, 1.165) is 6.20 Å². The smallest absolute Gasteiger partial charge is 0.409 e. The summed E-state index contributed by atoms with van der Waals surface area (Å²) < 4.78 is 10.1. The van der Waals surface area contributed by atoms with Crippen molar-refractivity contribution >= 4 is 33.5 Å². The number of hydrogen-bond acceptors (Lipinski definition) is 8. The Hall–Kier alpha value is -3.21. The minimum absolute atomic E-state index is 0.0513. The maximum absolute atomic E-state index is 12.4. The molecule has 0 atom stereocenters. The van der Waals surface area contributed by atoms with Crippen molar-refractivity contribution in [2.45, 2.75) is 6.92 Å². The molecule has 1 aromatic carbocycles. The van der Waals surface area contributed by atoms with Crippen LogP contribution in [0.3, 0.4) is 0 Å². The highest BCUT2D eigenvalue weighted by atomic mass is 32.1. The molecule has 126 valence electrons. The average molecular weight is 352 g/mol. The number of rotatable bonds is 6. The molecule has 0 bridgehead atoms. The van der Waals surface area contributed by atoms with Gasteiger partial charge in [-0.2, -0.15) is 0 Å². The van der Waals surface area contributed by atoms with Crippen molar-refractivity contribution in [1.82, 2.24) is 4.98 Å². The highest BCUT2D eigenvalue weighted by Crippen LogP contribution is 2.28. The number of ether oxygens (including phenoxy) is 2. The fraction of sp³-hybridized carbons (Fsp3) is 0.154. The molecule has 2 amide bonds. The minimum Gasteiger partial charge on any atom is -0.493 e. The third-order valence-electron chi connectivity index (χ3n) is 2.61. The third-order valence-corrected chi connectivity index (χ3v) is 3.47. The molecule has 0 unspecified atom stereocenters. The summed E-state index contributed by atoms with van der Waals surface area (Å²) >= 11 is 0.710. The first-order valence-electron chi connectivity index (χ1n) is 6.56. The van der Waals surface area contributed by atoms with Crippen molar-refractivity contribution in [3.8, 4) is 11.5 Å². The predicted octanol–water partition coefficient (Wildman–Crippen LogP) is 2.16. The molecule has 3 N–H and O–H groups in total. The highest BCUT2D eigenvalue weighted by Gasteiger charge is 2.18. The van der Waals surface area contributed by atoms with Crippen LogP contribution in [0.5, 0.6) is 11.5 Å². The largest absolute Gasteiger partial charge is 0.493 e. The van der Waals surface area contributed by atoms with Crippen LogP contribution in [-0.2, 0) is 0 Å². The van der Waals surface area contributed by atoms with Crippen molar-refractivity contribution in [3.63, 3.8) is 0 Å². The van der Waals surface area contributed by atoms with Crippen LogP contribution >= 0.6 is 11.3 Å².